The molecule has 0 saturated carbocycles. The predicted molar refractivity (Wildman–Crippen MR) is 69.5 cm³/mol. The third-order valence-electron chi connectivity index (χ3n) is 2.58. The smallest absolute Gasteiger partial charge is 0.488 e. The van der Waals surface area contributed by atoms with Crippen LogP contribution in [0.3, 0.4) is 0 Å². The molecule has 0 amide bonds. The third-order valence-corrected chi connectivity index (χ3v) is 2.58. The lowest BCUT2D eigenvalue weighted by Gasteiger charge is -2.09. The molecule has 7 heteroatoms. The van der Waals surface area contributed by atoms with E-state index >= 15 is 0 Å². The van der Waals surface area contributed by atoms with Crippen LogP contribution < -0.4 is 10.2 Å². The van der Waals surface area contributed by atoms with Crippen molar-refractivity contribution in [2.24, 2.45) is 0 Å². The Labute approximate surface area is 115 Å². The number of halogens is 1. The lowest BCUT2D eigenvalue weighted by atomic mass is 9.80. The Bertz CT molecular complexity index is 658. The molecule has 0 saturated heterocycles. The molecule has 1 heterocycles. The Kier molecular flexibility index (Phi) is 4.30. The van der Waals surface area contributed by atoms with E-state index in [2.05, 4.69) is 4.98 Å². The van der Waals surface area contributed by atoms with Crippen molar-refractivity contribution in [3.8, 4) is 11.8 Å². The van der Waals surface area contributed by atoms with Crippen molar-refractivity contribution in [1.29, 1.82) is 5.26 Å². The minimum Gasteiger partial charge on any atom is -0.489 e. The molecule has 0 aliphatic carbocycles. The zero-order valence-corrected chi connectivity index (χ0v) is 10.3. The van der Waals surface area contributed by atoms with Gasteiger partial charge in [0.15, 0.2) is 0 Å². The lowest BCUT2D eigenvalue weighted by molar-refractivity contribution is 0.304. The van der Waals surface area contributed by atoms with Crippen molar-refractivity contribution in [2.45, 2.75) is 6.61 Å². The highest BCUT2D eigenvalue weighted by Gasteiger charge is 2.14. The van der Waals surface area contributed by atoms with Gasteiger partial charge in [-0.25, -0.2) is 9.37 Å². The van der Waals surface area contributed by atoms with E-state index < -0.39 is 12.9 Å². The molecule has 2 N–H and O–H groups in total. The van der Waals surface area contributed by atoms with E-state index in [1.54, 1.807) is 12.1 Å². The summed E-state index contributed by atoms with van der Waals surface area (Å²) in [5, 5.41) is 26.9. The Balaban J connectivity index is 2.17. The van der Waals surface area contributed by atoms with Crippen LogP contribution in [0.25, 0.3) is 0 Å². The van der Waals surface area contributed by atoms with Crippen LogP contribution in [0.1, 0.15) is 11.3 Å². The van der Waals surface area contributed by atoms with Gasteiger partial charge in [0.1, 0.15) is 29.9 Å². The van der Waals surface area contributed by atoms with Gasteiger partial charge < -0.3 is 14.8 Å². The summed E-state index contributed by atoms with van der Waals surface area (Å²) in [5.41, 5.74) is 0.781. The van der Waals surface area contributed by atoms with E-state index in [0.29, 0.717) is 5.56 Å². The normalized spacial score (nSPS) is 9.90. The van der Waals surface area contributed by atoms with Crippen molar-refractivity contribution in [3.05, 3.63) is 53.6 Å². The fourth-order valence-electron chi connectivity index (χ4n) is 1.63. The molecule has 1 aromatic carbocycles. The summed E-state index contributed by atoms with van der Waals surface area (Å²) in [6, 6.07) is 8.70. The van der Waals surface area contributed by atoms with E-state index in [-0.39, 0.29) is 23.5 Å². The number of nitriles is 1. The van der Waals surface area contributed by atoms with Crippen LogP contribution in [0.5, 0.6) is 5.75 Å². The van der Waals surface area contributed by atoms with Crippen LogP contribution in [-0.2, 0) is 6.61 Å². The molecule has 100 valence electrons. The SMILES string of the molecule is N#Cc1ncccc1COc1cc(F)cc(B(O)O)c1. The first-order valence-electron chi connectivity index (χ1n) is 5.73. The van der Waals surface area contributed by atoms with Crippen LogP contribution in [0, 0.1) is 17.1 Å². The van der Waals surface area contributed by atoms with Gasteiger partial charge in [-0.1, -0.05) is 6.07 Å². The van der Waals surface area contributed by atoms with Crippen LogP contribution >= 0.6 is 0 Å². The maximum Gasteiger partial charge on any atom is 0.488 e. The summed E-state index contributed by atoms with van der Waals surface area (Å²) in [6.07, 6.45) is 1.49. The summed E-state index contributed by atoms with van der Waals surface area (Å²) in [4.78, 5) is 3.88. The Morgan fingerprint density at radius 1 is 1.35 bits per heavy atom. The van der Waals surface area contributed by atoms with Crippen LogP contribution in [0.2, 0.25) is 0 Å². The van der Waals surface area contributed by atoms with Gasteiger partial charge in [-0.2, -0.15) is 5.26 Å². The van der Waals surface area contributed by atoms with Crippen LogP contribution in [0.4, 0.5) is 4.39 Å². The van der Waals surface area contributed by atoms with E-state index in [9.17, 15) is 4.39 Å². The first kappa shape index (κ1) is 14.0. The molecule has 0 fully saturated rings. The molecule has 0 aliphatic heterocycles. The van der Waals surface area contributed by atoms with Crippen molar-refractivity contribution in [1.82, 2.24) is 4.98 Å². The number of nitrogens with zero attached hydrogens (tertiary/aromatic N) is 2. The van der Waals surface area contributed by atoms with E-state index in [1.165, 1.54) is 12.3 Å². The number of hydrogen-bond donors (Lipinski definition) is 2. The lowest BCUT2D eigenvalue weighted by Crippen LogP contribution is -2.30. The Hall–Kier alpha value is -2.43. The average molecular weight is 272 g/mol. The molecule has 0 bridgehead atoms. The molecule has 20 heavy (non-hydrogen) atoms. The minimum atomic E-state index is -1.78. The maximum atomic E-state index is 13.3. The maximum absolute atomic E-state index is 13.3. The summed E-state index contributed by atoms with van der Waals surface area (Å²) < 4.78 is 18.6. The van der Waals surface area contributed by atoms with Crippen LogP contribution in [0.15, 0.2) is 36.5 Å². The fraction of sp³-hybridized carbons (Fsp3) is 0.0769. The number of benzene rings is 1. The average Bonchev–Trinajstić information content (AvgIpc) is 2.44. The van der Waals surface area contributed by atoms with E-state index in [0.717, 1.165) is 12.1 Å². The van der Waals surface area contributed by atoms with Gasteiger partial charge in [0, 0.05) is 17.8 Å². The quantitative estimate of drug-likeness (QED) is 0.784. The second kappa shape index (κ2) is 6.15. The fourth-order valence-corrected chi connectivity index (χ4v) is 1.63. The van der Waals surface area contributed by atoms with Gasteiger partial charge in [0.25, 0.3) is 0 Å². The molecule has 0 spiro atoms. The summed E-state index contributed by atoms with van der Waals surface area (Å²) in [6.45, 7) is 0.0289. The number of aromatic nitrogens is 1. The van der Waals surface area contributed by atoms with Gasteiger partial charge >= 0.3 is 7.12 Å². The van der Waals surface area contributed by atoms with Gasteiger partial charge in [-0.05, 0) is 23.7 Å². The number of hydrogen-bond acceptors (Lipinski definition) is 5. The molecule has 5 nitrogen and oxygen atoms in total. The number of ether oxygens (including phenoxy) is 1. The molecule has 0 unspecified atom stereocenters. The zero-order chi connectivity index (χ0) is 14.5. The highest BCUT2D eigenvalue weighted by molar-refractivity contribution is 6.58. The van der Waals surface area contributed by atoms with Gasteiger partial charge in [-0.3, -0.25) is 0 Å². The second-order valence-electron chi connectivity index (χ2n) is 4.01. The summed E-state index contributed by atoms with van der Waals surface area (Å²) in [5.74, 6) is -0.502. The standard InChI is InChI=1S/C13H10BFN2O3/c15-11-4-10(14(18)19)5-12(6-11)20-8-9-2-1-3-17-13(9)7-16/h1-6,18-19H,8H2. The Morgan fingerprint density at radius 3 is 2.85 bits per heavy atom. The molecular formula is C13H10BFN2O3. The van der Waals surface area contributed by atoms with Gasteiger partial charge in [0.05, 0.1) is 0 Å². The highest BCUT2D eigenvalue weighted by atomic mass is 19.1. The first-order chi connectivity index (χ1) is 9.60. The van der Waals surface area contributed by atoms with Crippen molar-refractivity contribution in [3.63, 3.8) is 0 Å². The summed E-state index contributed by atoms with van der Waals surface area (Å²) >= 11 is 0. The monoisotopic (exact) mass is 272 g/mol. The third kappa shape index (κ3) is 3.32. The van der Waals surface area contributed by atoms with Crippen molar-refractivity contribution in [2.75, 3.05) is 0 Å². The van der Waals surface area contributed by atoms with Crippen LogP contribution in [-0.4, -0.2) is 22.2 Å². The van der Waals surface area contributed by atoms with E-state index in [4.69, 9.17) is 20.0 Å². The molecule has 0 atom stereocenters. The summed E-state index contributed by atoms with van der Waals surface area (Å²) in [7, 11) is -1.78. The molecule has 0 aliphatic rings. The van der Waals surface area contributed by atoms with E-state index in [1.807, 2.05) is 6.07 Å². The molecule has 1 aromatic heterocycles. The number of rotatable bonds is 4. The van der Waals surface area contributed by atoms with Crippen molar-refractivity contribution >= 4 is 12.6 Å². The first-order valence-corrected chi connectivity index (χ1v) is 5.73. The topological polar surface area (TPSA) is 86.4 Å². The minimum absolute atomic E-state index is 0.00769. The second-order valence-corrected chi connectivity index (χ2v) is 4.01. The molecule has 2 rings (SSSR count). The largest absolute Gasteiger partial charge is 0.489 e. The predicted octanol–water partition coefficient (Wildman–Crippen LogP) is 0.351. The zero-order valence-electron chi connectivity index (χ0n) is 10.3. The van der Waals surface area contributed by atoms with Crippen molar-refractivity contribution < 1.29 is 19.2 Å². The Morgan fingerprint density at radius 2 is 2.15 bits per heavy atom. The highest BCUT2D eigenvalue weighted by Crippen LogP contribution is 2.14. The van der Waals surface area contributed by atoms with Gasteiger partial charge in [-0.15, -0.1) is 0 Å². The molecule has 0 radical (unpaired) electrons. The molecular weight excluding hydrogens is 262 g/mol. The molecule has 2 aromatic rings. The van der Waals surface area contributed by atoms with Gasteiger partial charge in [0.2, 0.25) is 0 Å². The number of pyridine rings is 1.